The molecule has 0 spiro atoms. The number of amides is 1. The Morgan fingerprint density at radius 2 is 2.25 bits per heavy atom. The number of hydrogen-bond donors (Lipinski definition) is 1. The molecule has 1 atom stereocenters. The van der Waals surface area contributed by atoms with Gasteiger partial charge in [-0.05, 0) is 37.9 Å². The number of nitrogens with zero attached hydrogens (tertiary/aromatic N) is 1. The lowest BCUT2D eigenvalue weighted by molar-refractivity contribution is 0.0691. The van der Waals surface area contributed by atoms with E-state index in [4.69, 9.17) is 4.74 Å². The van der Waals surface area contributed by atoms with Crippen molar-refractivity contribution in [2.45, 2.75) is 32.2 Å². The normalized spacial score (nSPS) is 18.9. The van der Waals surface area contributed by atoms with E-state index in [0.29, 0.717) is 17.4 Å². The van der Waals surface area contributed by atoms with Gasteiger partial charge >= 0.3 is 0 Å². The molecule has 4 heteroatoms. The van der Waals surface area contributed by atoms with Crippen LogP contribution in [0, 0.1) is 0 Å². The maximum atomic E-state index is 12.6. The molecule has 1 saturated heterocycles. The molecular weight excluding hydrogens is 252 g/mol. The van der Waals surface area contributed by atoms with E-state index in [2.05, 4.69) is 12.2 Å². The van der Waals surface area contributed by atoms with Gasteiger partial charge in [0.2, 0.25) is 0 Å². The monoisotopic (exact) mass is 276 g/mol. The molecule has 0 saturated carbocycles. The van der Waals surface area contributed by atoms with Crippen molar-refractivity contribution in [2.75, 3.05) is 26.7 Å². The summed E-state index contributed by atoms with van der Waals surface area (Å²) in [5.41, 5.74) is 0.658. The first kappa shape index (κ1) is 14.9. The molecule has 1 aromatic rings. The Balaban J connectivity index is 2.04. The van der Waals surface area contributed by atoms with Gasteiger partial charge in [0.15, 0.2) is 0 Å². The van der Waals surface area contributed by atoms with Crippen LogP contribution in [0.1, 0.15) is 36.5 Å². The minimum absolute atomic E-state index is 0.0745. The van der Waals surface area contributed by atoms with E-state index in [1.54, 1.807) is 7.11 Å². The molecule has 0 radical (unpaired) electrons. The standard InChI is InChI=1S/C16H24N2O2/c1-3-10-17-13-7-6-11-18(12-13)16(19)14-8-4-5-9-15(14)20-2/h4-5,8-9,13,17H,3,6-7,10-12H2,1-2H3. The second kappa shape index (κ2) is 7.29. The van der Waals surface area contributed by atoms with Gasteiger partial charge in [-0.25, -0.2) is 0 Å². The predicted octanol–water partition coefficient (Wildman–Crippen LogP) is 2.30. The quantitative estimate of drug-likeness (QED) is 0.897. The number of carbonyl (C=O) groups excluding carboxylic acids is 1. The zero-order chi connectivity index (χ0) is 14.4. The summed E-state index contributed by atoms with van der Waals surface area (Å²) in [7, 11) is 1.61. The SMILES string of the molecule is CCCNC1CCCN(C(=O)c2ccccc2OC)C1. The van der Waals surface area contributed by atoms with E-state index in [0.717, 1.165) is 38.9 Å². The second-order valence-corrected chi connectivity index (χ2v) is 5.24. The maximum Gasteiger partial charge on any atom is 0.257 e. The van der Waals surface area contributed by atoms with Crippen LogP contribution in [-0.2, 0) is 0 Å². The summed E-state index contributed by atoms with van der Waals surface area (Å²) >= 11 is 0. The van der Waals surface area contributed by atoms with Gasteiger partial charge in [-0.1, -0.05) is 19.1 Å². The van der Waals surface area contributed by atoms with E-state index < -0.39 is 0 Å². The molecule has 0 aliphatic carbocycles. The first-order chi connectivity index (χ1) is 9.76. The van der Waals surface area contributed by atoms with Crippen molar-refractivity contribution in [3.8, 4) is 5.75 Å². The van der Waals surface area contributed by atoms with Crippen LogP contribution in [0.15, 0.2) is 24.3 Å². The molecule has 1 N–H and O–H groups in total. The zero-order valence-electron chi connectivity index (χ0n) is 12.4. The van der Waals surface area contributed by atoms with Crippen molar-refractivity contribution in [2.24, 2.45) is 0 Å². The number of hydrogen-bond acceptors (Lipinski definition) is 3. The smallest absolute Gasteiger partial charge is 0.257 e. The molecule has 1 aliphatic rings. The number of methoxy groups -OCH3 is 1. The third-order valence-electron chi connectivity index (χ3n) is 3.73. The van der Waals surface area contributed by atoms with Crippen LogP contribution < -0.4 is 10.1 Å². The Morgan fingerprint density at radius 3 is 3.00 bits per heavy atom. The molecule has 1 amide bonds. The fourth-order valence-electron chi connectivity index (χ4n) is 2.67. The number of carbonyl (C=O) groups is 1. The Hall–Kier alpha value is -1.55. The summed E-state index contributed by atoms with van der Waals surface area (Å²) < 4.78 is 5.29. The Bertz CT molecular complexity index is 448. The van der Waals surface area contributed by atoms with Crippen LogP contribution in [0.4, 0.5) is 0 Å². The van der Waals surface area contributed by atoms with Crippen molar-refractivity contribution >= 4 is 5.91 Å². The van der Waals surface area contributed by atoms with Crippen LogP contribution in [0.3, 0.4) is 0 Å². The van der Waals surface area contributed by atoms with Crippen molar-refractivity contribution in [1.29, 1.82) is 0 Å². The first-order valence-electron chi connectivity index (χ1n) is 7.42. The number of rotatable bonds is 5. The molecule has 20 heavy (non-hydrogen) atoms. The molecule has 1 fully saturated rings. The third kappa shape index (κ3) is 3.51. The minimum Gasteiger partial charge on any atom is -0.496 e. The molecule has 0 bridgehead atoms. The van der Waals surface area contributed by atoms with E-state index in [1.165, 1.54) is 0 Å². The summed E-state index contributed by atoms with van der Waals surface area (Å²) in [6, 6.07) is 7.86. The largest absolute Gasteiger partial charge is 0.496 e. The van der Waals surface area contributed by atoms with Crippen molar-refractivity contribution in [3.05, 3.63) is 29.8 Å². The van der Waals surface area contributed by atoms with E-state index in [1.807, 2.05) is 29.2 Å². The summed E-state index contributed by atoms with van der Waals surface area (Å²) in [4.78, 5) is 14.6. The lowest BCUT2D eigenvalue weighted by atomic mass is 10.0. The van der Waals surface area contributed by atoms with Crippen LogP contribution in [0.5, 0.6) is 5.75 Å². The van der Waals surface area contributed by atoms with E-state index >= 15 is 0 Å². The third-order valence-corrected chi connectivity index (χ3v) is 3.73. The number of piperidine rings is 1. The Kier molecular flexibility index (Phi) is 5.41. The Labute approximate surface area is 121 Å². The highest BCUT2D eigenvalue weighted by atomic mass is 16.5. The summed E-state index contributed by atoms with van der Waals surface area (Å²) in [5, 5.41) is 3.51. The highest BCUT2D eigenvalue weighted by Gasteiger charge is 2.25. The van der Waals surface area contributed by atoms with Gasteiger partial charge in [0.1, 0.15) is 5.75 Å². The van der Waals surface area contributed by atoms with E-state index in [9.17, 15) is 4.79 Å². The summed E-state index contributed by atoms with van der Waals surface area (Å²) in [6.45, 7) is 4.80. The molecule has 110 valence electrons. The van der Waals surface area contributed by atoms with Crippen LogP contribution in [0.2, 0.25) is 0 Å². The van der Waals surface area contributed by atoms with Gasteiger partial charge in [0, 0.05) is 19.1 Å². The van der Waals surface area contributed by atoms with Gasteiger partial charge in [-0.15, -0.1) is 0 Å². The lowest BCUT2D eigenvalue weighted by Gasteiger charge is -2.33. The number of nitrogens with one attached hydrogen (secondary N) is 1. The maximum absolute atomic E-state index is 12.6. The van der Waals surface area contributed by atoms with Crippen molar-refractivity contribution < 1.29 is 9.53 Å². The predicted molar refractivity (Wildman–Crippen MR) is 80.2 cm³/mol. The van der Waals surface area contributed by atoms with Crippen molar-refractivity contribution in [3.63, 3.8) is 0 Å². The van der Waals surface area contributed by atoms with Crippen LogP contribution >= 0.6 is 0 Å². The van der Waals surface area contributed by atoms with Gasteiger partial charge in [-0.3, -0.25) is 4.79 Å². The molecule has 1 heterocycles. The van der Waals surface area contributed by atoms with Gasteiger partial charge < -0.3 is 15.0 Å². The summed E-state index contributed by atoms with van der Waals surface area (Å²) in [6.07, 6.45) is 3.33. The number of benzene rings is 1. The Morgan fingerprint density at radius 1 is 1.45 bits per heavy atom. The molecule has 1 unspecified atom stereocenters. The average Bonchev–Trinajstić information content (AvgIpc) is 2.52. The molecule has 1 aliphatic heterocycles. The van der Waals surface area contributed by atoms with Crippen molar-refractivity contribution in [1.82, 2.24) is 10.2 Å². The molecule has 0 aromatic heterocycles. The number of likely N-dealkylation sites (tertiary alicyclic amines) is 1. The van der Waals surface area contributed by atoms with Gasteiger partial charge in [0.25, 0.3) is 5.91 Å². The van der Waals surface area contributed by atoms with Gasteiger partial charge in [-0.2, -0.15) is 0 Å². The highest BCUT2D eigenvalue weighted by molar-refractivity contribution is 5.97. The first-order valence-corrected chi connectivity index (χ1v) is 7.42. The van der Waals surface area contributed by atoms with Crippen LogP contribution in [0.25, 0.3) is 0 Å². The second-order valence-electron chi connectivity index (χ2n) is 5.24. The van der Waals surface area contributed by atoms with Crippen LogP contribution in [-0.4, -0.2) is 43.6 Å². The minimum atomic E-state index is 0.0745. The topological polar surface area (TPSA) is 41.6 Å². The van der Waals surface area contributed by atoms with Gasteiger partial charge in [0.05, 0.1) is 12.7 Å². The fraction of sp³-hybridized carbons (Fsp3) is 0.562. The number of para-hydroxylation sites is 1. The zero-order valence-corrected chi connectivity index (χ0v) is 12.4. The lowest BCUT2D eigenvalue weighted by Crippen LogP contribution is -2.48. The molecule has 1 aromatic carbocycles. The van der Waals surface area contributed by atoms with E-state index in [-0.39, 0.29) is 5.91 Å². The number of ether oxygens (including phenoxy) is 1. The molecular formula is C16H24N2O2. The fourth-order valence-corrected chi connectivity index (χ4v) is 2.67. The average molecular weight is 276 g/mol. The molecule has 4 nitrogen and oxygen atoms in total. The highest BCUT2D eigenvalue weighted by Crippen LogP contribution is 2.21. The molecule has 2 rings (SSSR count). The summed E-state index contributed by atoms with van der Waals surface area (Å²) in [5.74, 6) is 0.728.